The number of carbonyl (C=O) groups is 1. The predicted molar refractivity (Wildman–Crippen MR) is 71.2 cm³/mol. The van der Waals surface area contributed by atoms with Crippen LogP contribution in [0.4, 0.5) is 0 Å². The standard InChI is InChI=1S/C11H13IOS/c1-8-4-3-5-9(11(8)12)10(13)6-7-14-2/h3-5H,6-7H2,1-2H3. The number of thioether (sulfide) groups is 1. The number of benzene rings is 1. The van der Waals surface area contributed by atoms with Crippen LogP contribution in [-0.2, 0) is 0 Å². The van der Waals surface area contributed by atoms with Crippen molar-refractivity contribution in [2.45, 2.75) is 13.3 Å². The SMILES string of the molecule is CSCCC(=O)c1cccc(C)c1I. The Balaban J connectivity index is 2.84. The molecule has 1 aromatic rings. The number of carbonyl (C=O) groups excluding carboxylic acids is 1. The zero-order chi connectivity index (χ0) is 10.6. The summed E-state index contributed by atoms with van der Waals surface area (Å²) in [5.41, 5.74) is 2.06. The van der Waals surface area contributed by atoms with Gasteiger partial charge in [0.2, 0.25) is 0 Å². The van der Waals surface area contributed by atoms with Crippen molar-refractivity contribution in [1.29, 1.82) is 0 Å². The van der Waals surface area contributed by atoms with Gasteiger partial charge in [-0.1, -0.05) is 18.2 Å². The summed E-state index contributed by atoms with van der Waals surface area (Å²) in [7, 11) is 0. The molecule has 0 bridgehead atoms. The van der Waals surface area contributed by atoms with E-state index in [0.717, 1.165) is 14.9 Å². The lowest BCUT2D eigenvalue weighted by molar-refractivity contribution is 0.0988. The van der Waals surface area contributed by atoms with E-state index in [1.54, 1.807) is 11.8 Å². The van der Waals surface area contributed by atoms with Crippen LogP contribution in [0.25, 0.3) is 0 Å². The molecule has 3 heteroatoms. The highest BCUT2D eigenvalue weighted by atomic mass is 127. The van der Waals surface area contributed by atoms with Gasteiger partial charge in [-0.15, -0.1) is 0 Å². The molecule has 0 aliphatic heterocycles. The van der Waals surface area contributed by atoms with Gasteiger partial charge in [-0.25, -0.2) is 0 Å². The van der Waals surface area contributed by atoms with E-state index in [-0.39, 0.29) is 5.78 Å². The van der Waals surface area contributed by atoms with Gasteiger partial charge in [0.1, 0.15) is 0 Å². The fourth-order valence-electron chi connectivity index (χ4n) is 1.19. The second-order valence-corrected chi connectivity index (χ2v) is 5.17. The Kier molecular flexibility index (Phi) is 4.95. The van der Waals surface area contributed by atoms with Crippen LogP contribution in [-0.4, -0.2) is 17.8 Å². The highest BCUT2D eigenvalue weighted by Gasteiger charge is 2.10. The third kappa shape index (κ3) is 2.98. The summed E-state index contributed by atoms with van der Waals surface area (Å²) in [5, 5.41) is 0. The maximum Gasteiger partial charge on any atom is 0.164 e. The third-order valence-corrected chi connectivity index (χ3v) is 4.07. The summed E-state index contributed by atoms with van der Waals surface area (Å²) in [6, 6.07) is 5.90. The van der Waals surface area contributed by atoms with Crippen LogP contribution in [0, 0.1) is 10.5 Å². The molecule has 1 nitrogen and oxygen atoms in total. The van der Waals surface area contributed by atoms with Crippen molar-refractivity contribution in [1.82, 2.24) is 0 Å². The lowest BCUT2D eigenvalue weighted by Crippen LogP contribution is -2.03. The van der Waals surface area contributed by atoms with Crippen LogP contribution >= 0.6 is 34.4 Å². The molecular weight excluding hydrogens is 307 g/mol. The highest BCUT2D eigenvalue weighted by Crippen LogP contribution is 2.18. The first-order chi connectivity index (χ1) is 6.66. The number of hydrogen-bond acceptors (Lipinski definition) is 2. The first kappa shape index (κ1) is 12.0. The fourth-order valence-corrected chi connectivity index (χ4v) is 2.24. The van der Waals surface area contributed by atoms with Crippen LogP contribution in [0.1, 0.15) is 22.3 Å². The van der Waals surface area contributed by atoms with E-state index in [1.807, 2.05) is 31.4 Å². The number of halogens is 1. The molecule has 0 fully saturated rings. The molecule has 0 saturated carbocycles. The molecule has 0 spiro atoms. The Morgan fingerprint density at radius 2 is 2.21 bits per heavy atom. The van der Waals surface area contributed by atoms with Crippen LogP contribution < -0.4 is 0 Å². The van der Waals surface area contributed by atoms with Gasteiger partial charge in [-0.05, 0) is 41.3 Å². The molecule has 0 atom stereocenters. The fraction of sp³-hybridized carbons (Fsp3) is 0.364. The summed E-state index contributed by atoms with van der Waals surface area (Å²) < 4.78 is 1.09. The van der Waals surface area contributed by atoms with Crippen LogP contribution in [0.3, 0.4) is 0 Å². The summed E-state index contributed by atoms with van der Waals surface area (Å²) >= 11 is 3.96. The molecule has 0 heterocycles. The Labute approximate surface area is 103 Å². The largest absolute Gasteiger partial charge is 0.294 e. The minimum absolute atomic E-state index is 0.257. The molecule has 0 aromatic heterocycles. The van der Waals surface area contributed by atoms with E-state index in [0.29, 0.717) is 6.42 Å². The third-order valence-electron chi connectivity index (χ3n) is 2.03. The monoisotopic (exact) mass is 320 g/mol. The lowest BCUT2D eigenvalue weighted by Gasteiger charge is -2.05. The molecule has 0 aliphatic carbocycles. The molecule has 1 rings (SSSR count). The number of aryl methyl sites for hydroxylation is 1. The van der Waals surface area contributed by atoms with Crippen LogP contribution in [0.5, 0.6) is 0 Å². The van der Waals surface area contributed by atoms with Gasteiger partial charge in [-0.2, -0.15) is 11.8 Å². The van der Waals surface area contributed by atoms with Gasteiger partial charge in [0.15, 0.2) is 5.78 Å². The summed E-state index contributed by atoms with van der Waals surface area (Å²) in [4.78, 5) is 11.8. The summed E-state index contributed by atoms with van der Waals surface area (Å²) in [6.45, 7) is 2.03. The van der Waals surface area contributed by atoms with Gasteiger partial charge in [0, 0.05) is 21.3 Å². The van der Waals surface area contributed by atoms with E-state index in [1.165, 1.54) is 5.56 Å². The van der Waals surface area contributed by atoms with Crippen molar-refractivity contribution in [3.8, 4) is 0 Å². The van der Waals surface area contributed by atoms with E-state index in [4.69, 9.17) is 0 Å². The molecule has 0 unspecified atom stereocenters. The predicted octanol–water partition coefficient (Wildman–Crippen LogP) is 3.54. The topological polar surface area (TPSA) is 17.1 Å². The normalized spacial score (nSPS) is 10.2. The molecule has 0 amide bonds. The van der Waals surface area contributed by atoms with Gasteiger partial charge < -0.3 is 0 Å². The van der Waals surface area contributed by atoms with Gasteiger partial charge >= 0.3 is 0 Å². The zero-order valence-electron chi connectivity index (χ0n) is 8.34. The Morgan fingerprint density at radius 3 is 2.86 bits per heavy atom. The smallest absolute Gasteiger partial charge is 0.164 e. The Morgan fingerprint density at radius 1 is 1.50 bits per heavy atom. The molecule has 76 valence electrons. The van der Waals surface area contributed by atoms with Crippen molar-refractivity contribution < 1.29 is 4.79 Å². The second kappa shape index (κ2) is 5.75. The number of hydrogen-bond donors (Lipinski definition) is 0. The van der Waals surface area contributed by atoms with E-state index < -0.39 is 0 Å². The molecule has 0 N–H and O–H groups in total. The van der Waals surface area contributed by atoms with E-state index >= 15 is 0 Å². The van der Waals surface area contributed by atoms with Gasteiger partial charge in [0.25, 0.3) is 0 Å². The molecule has 0 saturated heterocycles. The minimum atomic E-state index is 0.257. The molecule has 1 aromatic carbocycles. The van der Waals surface area contributed by atoms with Crippen LogP contribution in [0.15, 0.2) is 18.2 Å². The van der Waals surface area contributed by atoms with Crippen molar-refractivity contribution in [2.24, 2.45) is 0 Å². The molecule has 0 radical (unpaired) electrons. The van der Waals surface area contributed by atoms with Crippen molar-refractivity contribution >= 4 is 40.1 Å². The average molecular weight is 320 g/mol. The molecule has 14 heavy (non-hydrogen) atoms. The molecule has 0 aliphatic rings. The minimum Gasteiger partial charge on any atom is -0.294 e. The zero-order valence-corrected chi connectivity index (χ0v) is 11.3. The summed E-state index contributed by atoms with van der Waals surface area (Å²) in [6.07, 6.45) is 2.66. The van der Waals surface area contributed by atoms with Crippen molar-refractivity contribution in [2.75, 3.05) is 12.0 Å². The van der Waals surface area contributed by atoms with Crippen molar-refractivity contribution in [3.05, 3.63) is 32.9 Å². The van der Waals surface area contributed by atoms with E-state index in [2.05, 4.69) is 22.6 Å². The lowest BCUT2D eigenvalue weighted by atomic mass is 10.1. The quantitative estimate of drug-likeness (QED) is 0.623. The van der Waals surface area contributed by atoms with Crippen molar-refractivity contribution in [3.63, 3.8) is 0 Å². The molecular formula is C11H13IOS. The van der Waals surface area contributed by atoms with Gasteiger partial charge in [0.05, 0.1) is 0 Å². The number of rotatable bonds is 4. The maximum absolute atomic E-state index is 11.8. The maximum atomic E-state index is 11.8. The number of ketones is 1. The van der Waals surface area contributed by atoms with E-state index in [9.17, 15) is 4.79 Å². The second-order valence-electron chi connectivity index (χ2n) is 3.10. The highest BCUT2D eigenvalue weighted by molar-refractivity contribution is 14.1. The average Bonchev–Trinajstić information content (AvgIpc) is 2.18. The van der Waals surface area contributed by atoms with Gasteiger partial charge in [-0.3, -0.25) is 4.79 Å². The Bertz CT molecular complexity index is 336. The first-order valence-electron chi connectivity index (χ1n) is 4.44. The number of Topliss-reactive ketones (excluding diaryl/α,β-unsaturated/α-hetero) is 1. The summed E-state index contributed by atoms with van der Waals surface area (Å²) in [5.74, 6) is 1.16. The van der Waals surface area contributed by atoms with Crippen LogP contribution in [0.2, 0.25) is 0 Å². The Hall–Kier alpha value is -0.0300. The first-order valence-corrected chi connectivity index (χ1v) is 6.91.